The fourth-order valence-corrected chi connectivity index (χ4v) is 1.21. The van der Waals surface area contributed by atoms with Gasteiger partial charge in [-0.2, -0.15) is 0 Å². The molecule has 0 spiro atoms. The Hall–Kier alpha value is -1.26. The normalized spacial score (nSPS) is 10.3. The van der Waals surface area contributed by atoms with Gasteiger partial charge in [-0.15, -0.1) is 0 Å². The molecule has 1 aromatic carbocycles. The van der Waals surface area contributed by atoms with E-state index in [9.17, 15) is 0 Å². The van der Waals surface area contributed by atoms with Gasteiger partial charge in [0, 0.05) is 0 Å². The third-order valence-electron chi connectivity index (χ3n) is 2.03. The van der Waals surface area contributed by atoms with E-state index < -0.39 is 0 Å². The Morgan fingerprint density at radius 2 is 1.39 bits per heavy atom. The van der Waals surface area contributed by atoms with Gasteiger partial charge in [-0.05, 0) is 25.0 Å². The van der Waals surface area contributed by atoms with Crippen molar-refractivity contribution < 1.29 is 18.9 Å². The average molecular weight is 253 g/mol. The van der Waals surface area contributed by atoms with Gasteiger partial charge in [-0.3, -0.25) is 0 Å². The molecule has 0 heterocycles. The van der Waals surface area contributed by atoms with Gasteiger partial charge in [0.25, 0.3) is 0 Å². The third-order valence-corrected chi connectivity index (χ3v) is 2.03. The minimum Gasteiger partial charge on any atom is -0.467 e. The van der Waals surface area contributed by atoms with Crippen LogP contribution in [0.2, 0.25) is 0 Å². The lowest BCUT2D eigenvalue weighted by Crippen LogP contribution is -2.05. The van der Waals surface area contributed by atoms with Gasteiger partial charge in [0.2, 0.25) is 0 Å². The second kappa shape index (κ2) is 9.74. The first-order valence-electron chi connectivity index (χ1n) is 6.30. The van der Waals surface area contributed by atoms with Crippen molar-refractivity contribution in [3.05, 3.63) is 24.3 Å². The molecule has 1 aromatic rings. The van der Waals surface area contributed by atoms with Crippen LogP contribution in [0.25, 0.3) is 0 Å². The van der Waals surface area contributed by atoms with Crippen LogP contribution in [0.15, 0.2) is 18.2 Å². The zero-order valence-electron chi connectivity index (χ0n) is 11.1. The van der Waals surface area contributed by atoms with E-state index in [-0.39, 0.29) is 13.6 Å². The molecule has 0 aromatic heterocycles. The largest absolute Gasteiger partial charge is 0.467 e. The summed E-state index contributed by atoms with van der Waals surface area (Å²) in [5, 5.41) is 0. The maximum Gasteiger partial charge on any atom is 0.189 e. The minimum atomic E-state index is 0.236. The van der Waals surface area contributed by atoms with Gasteiger partial charge in [0.1, 0.15) is 11.5 Å². The van der Waals surface area contributed by atoms with Crippen LogP contribution in [0.3, 0.4) is 0 Å². The molecule has 4 nitrogen and oxygen atoms in total. The van der Waals surface area contributed by atoms with Crippen LogP contribution in [-0.2, 0) is 9.47 Å². The van der Waals surface area contributed by atoms with E-state index >= 15 is 0 Å². The summed E-state index contributed by atoms with van der Waals surface area (Å²) < 4.78 is 21.2. The number of hydrogen-bond acceptors (Lipinski definition) is 4. The first-order valence-corrected chi connectivity index (χ1v) is 6.30. The highest BCUT2D eigenvalue weighted by Crippen LogP contribution is 2.18. The fourth-order valence-electron chi connectivity index (χ4n) is 1.21. The number of benzene rings is 1. The van der Waals surface area contributed by atoms with Crippen molar-refractivity contribution in [2.45, 2.75) is 26.7 Å². The van der Waals surface area contributed by atoms with Crippen molar-refractivity contribution in [3.8, 4) is 11.5 Å². The maximum atomic E-state index is 5.38. The van der Waals surface area contributed by atoms with Gasteiger partial charge >= 0.3 is 0 Å². The summed E-state index contributed by atoms with van der Waals surface area (Å²) in [6.45, 7) is 5.97. The van der Waals surface area contributed by atoms with Gasteiger partial charge in [-0.25, -0.2) is 0 Å². The van der Waals surface area contributed by atoms with Crippen molar-refractivity contribution in [1.29, 1.82) is 0 Å². The van der Waals surface area contributed by atoms with Crippen LogP contribution in [0, 0.1) is 6.07 Å². The van der Waals surface area contributed by atoms with Crippen molar-refractivity contribution >= 4 is 0 Å². The molecule has 0 aliphatic rings. The smallest absolute Gasteiger partial charge is 0.189 e. The van der Waals surface area contributed by atoms with Gasteiger partial charge in [0.05, 0.1) is 19.3 Å². The van der Waals surface area contributed by atoms with E-state index in [1.165, 1.54) is 0 Å². The Kier molecular flexibility index (Phi) is 8.01. The molecular weight excluding hydrogens is 232 g/mol. The Morgan fingerprint density at radius 3 is 1.83 bits per heavy atom. The Balaban J connectivity index is 2.27. The molecule has 0 aliphatic heterocycles. The zero-order valence-corrected chi connectivity index (χ0v) is 11.1. The topological polar surface area (TPSA) is 36.9 Å². The highest BCUT2D eigenvalue weighted by molar-refractivity contribution is 5.30. The van der Waals surface area contributed by atoms with Gasteiger partial charge in [0.15, 0.2) is 13.6 Å². The predicted octanol–water partition coefficient (Wildman–Crippen LogP) is 3.01. The standard InChI is InChI=1S/C14H21O4/c1-3-8-15-11-17-13-6-5-7-14(10-13)18-12-16-9-4-2/h5-7H,3-4,8-9,11-12H2,1-2H3. The van der Waals surface area contributed by atoms with E-state index in [0.29, 0.717) is 24.7 Å². The molecule has 0 saturated heterocycles. The van der Waals surface area contributed by atoms with Gasteiger partial charge in [-0.1, -0.05) is 19.9 Å². The summed E-state index contributed by atoms with van der Waals surface area (Å²) in [6.07, 6.45) is 1.95. The molecule has 0 bridgehead atoms. The van der Waals surface area contributed by atoms with Crippen molar-refractivity contribution in [2.75, 3.05) is 26.8 Å². The Morgan fingerprint density at radius 1 is 0.889 bits per heavy atom. The monoisotopic (exact) mass is 253 g/mol. The number of ether oxygens (including phenoxy) is 4. The van der Waals surface area contributed by atoms with Crippen molar-refractivity contribution in [1.82, 2.24) is 0 Å². The molecule has 0 fully saturated rings. The van der Waals surface area contributed by atoms with Crippen LogP contribution >= 0.6 is 0 Å². The summed E-state index contributed by atoms with van der Waals surface area (Å²) in [6, 6.07) is 8.47. The van der Waals surface area contributed by atoms with E-state index in [4.69, 9.17) is 18.9 Å². The Bertz CT molecular complexity index is 287. The second-order valence-corrected chi connectivity index (χ2v) is 3.72. The lowest BCUT2D eigenvalue weighted by atomic mass is 10.3. The number of rotatable bonds is 10. The van der Waals surface area contributed by atoms with Crippen LogP contribution in [0.4, 0.5) is 0 Å². The van der Waals surface area contributed by atoms with E-state index in [1.54, 1.807) is 0 Å². The summed E-state index contributed by atoms with van der Waals surface area (Å²) in [4.78, 5) is 0. The highest BCUT2D eigenvalue weighted by Gasteiger charge is 1.99. The zero-order chi connectivity index (χ0) is 13.1. The number of hydrogen-bond donors (Lipinski definition) is 0. The van der Waals surface area contributed by atoms with E-state index in [0.717, 1.165) is 12.8 Å². The average Bonchev–Trinajstić information content (AvgIpc) is 2.40. The quantitative estimate of drug-likeness (QED) is 0.474. The molecular formula is C14H21O4. The summed E-state index contributed by atoms with van der Waals surface area (Å²) in [5.41, 5.74) is 0. The minimum absolute atomic E-state index is 0.236. The molecule has 0 saturated carbocycles. The molecule has 0 aliphatic carbocycles. The molecule has 1 radical (unpaired) electrons. The lowest BCUT2D eigenvalue weighted by molar-refractivity contribution is 0.0113. The summed E-state index contributed by atoms with van der Waals surface area (Å²) >= 11 is 0. The molecule has 4 heteroatoms. The van der Waals surface area contributed by atoms with Gasteiger partial charge < -0.3 is 18.9 Å². The van der Waals surface area contributed by atoms with Crippen molar-refractivity contribution in [3.63, 3.8) is 0 Å². The maximum absolute atomic E-state index is 5.38. The first kappa shape index (κ1) is 14.8. The molecule has 18 heavy (non-hydrogen) atoms. The van der Waals surface area contributed by atoms with Crippen LogP contribution in [0.1, 0.15) is 26.7 Å². The molecule has 101 valence electrons. The van der Waals surface area contributed by atoms with Crippen molar-refractivity contribution in [2.24, 2.45) is 0 Å². The van der Waals surface area contributed by atoms with Crippen LogP contribution < -0.4 is 9.47 Å². The van der Waals surface area contributed by atoms with Crippen LogP contribution in [-0.4, -0.2) is 26.8 Å². The lowest BCUT2D eigenvalue weighted by Gasteiger charge is -2.09. The van der Waals surface area contributed by atoms with Crippen LogP contribution in [0.5, 0.6) is 11.5 Å². The second-order valence-electron chi connectivity index (χ2n) is 3.72. The molecule has 0 N–H and O–H groups in total. The predicted molar refractivity (Wildman–Crippen MR) is 68.8 cm³/mol. The van der Waals surface area contributed by atoms with E-state index in [2.05, 4.69) is 19.9 Å². The SMILES string of the molecule is CCCOCOc1[c]c(OCOCCC)ccc1. The van der Waals surface area contributed by atoms with E-state index in [1.807, 2.05) is 18.2 Å². The molecule has 0 atom stereocenters. The molecule has 0 unspecified atom stereocenters. The summed E-state index contributed by atoms with van der Waals surface area (Å²) in [7, 11) is 0. The first-order chi connectivity index (χ1) is 8.86. The molecule has 0 amide bonds. The summed E-state index contributed by atoms with van der Waals surface area (Å²) in [5.74, 6) is 1.22. The third kappa shape index (κ3) is 6.47. The molecule has 1 rings (SSSR count). The Labute approximate surface area is 109 Å². The fraction of sp³-hybridized carbons (Fsp3) is 0.571. The highest BCUT2D eigenvalue weighted by atomic mass is 16.7.